The van der Waals surface area contributed by atoms with Crippen LogP contribution in [0.5, 0.6) is 0 Å². The number of hydrogen-bond acceptors (Lipinski definition) is 4. The molecule has 2 N–H and O–H groups in total. The van der Waals surface area contributed by atoms with Crippen molar-refractivity contribution >= 4 is 23.5 Å². The highest BCUT2D eigenvalue weighted by Crippen LogP contribution is 2.10. The molecule has 0 saturated heterocycles. The van der Waals surface area contributed by atoms with Crippen LogP contribution >= 0.6 is 11.6 Å². The van der Waals surface area contributed by atoms with E-state index >= 15 is 0 Å². The van der Waals surface area contributed by atoms with E-state index in [4.69, 9.17) is 16.7 Å². The molecule has 0 aliphatic rings. The number of halogens is 2. The van der Waals surface area contributed by atoms with E-state index in [-0.39, 0.29) is 29.0 Å². The van der Waals surface area contributed by atoms with Crippen LogP contribution in [-0.4, -0.2) is 27.0 Å². The summed E-state index contributed by atoms with van der Waals surface area (Å²) in [5.41, 5.74) is 0.634. The van der Waals surface area contributed by atoms with Crippen LogP contribution in [0.3, 0.4) is 0 Å². The molecule has 0 bridgehead atoms. The van der Waals surface area contributed by atoms with Gasteiger partial charge < -0.3 is 10.4 Å². The smallest absolute Gasteiger partial charge is 0.354 e. The van der Waals surface area contributed by atoms with Gasteiger partial charge in [0.1, 0.15) is 11.5 Å². The Morgan fingerprint density at radius 3 is 2.59 bits per heavy atom. The quantitative estimate of drug-likeness (QED) is 0.842. The van der Waals surface area contributed by atoms with Crippen molar-refractivity contribution in [3.8, 4) is 0 Å². The molecular weight excluding hydrogens is 313 g/mol. The molecule has 1 aromatic carbocycles. The summed E-state index contributed by atoms with van der Waals surface area (Å²) >= 11 is 5.59. The van der Waals surface area contributed by atoms with Crippen LogP contribution in [0, 0.1) is 12.7 Å². The van der Waals surface area contributed by atoms with Crippen LogP contribution in [0.4, 0.5) is 4.39 Å². The Morgan fingerprint density at radius 2 is 1.95 bits per heavy atom. The van der Waals surface area contributed by atoms with E-state index in [0.29, 0.717) is 11.1 Å². The van der Waals surface area contributed by atoms with Crippen molar-refractivity contribution in [2.45, 2.75) is 13.5 Å². The number of carbonyl (C=O) groups is 2. The van der Waals surface area contributed by atoms with Gasteiger partial charge in [-0.05, 0) is 35.7 Å². The van der Waals surface area contributed by atoms with Crippen molar-refractivity contribution in [2.75, 3.05) is 0 Å². The Kier molecular flexibility index (Phi) is 4.67. The lowest BCUT2D eigenvalue weighted by atomic mass is 10.1. The van der Waals surface area contributed by atoms with E-state index in [1.54, 1.807) is 13.0 Å². The Morgan fingerprint density at radius 1 is 1.27 bits per heavy atom. The van der Waals surface area contributed by atoms with Crippen LogP contribution in [0.1, 0.15) is 32.1 Å². The van der Waals surface area contributed by atoms with Gasteiger partial charge in [0.2, 0.25) is 5.28 Å². The number of hydrogen-bond donors (Lipinski definition) is 2. The molecule has 0 aliphatic heterocycles. The first-order valence-electron chi connectivity index (χ1n) is 6.18. The zero-order valence-electron chi connectivity index (χ0n) is 11.4. The van der Waals surface area contributed by atoms with Crippen molar-refractivity contribution in [1.29, 1.82) is 0 Å². The average molecular weight is 324 g/mol. The molecule has 0 spiro atoms. The SMILES string of the molecule is Cc1cc(CNC(=O)c2cc(C(=O)O)nc(Cl)n2)ccc1F. The van der Waals surface area contributed by atoms with Crippen molar-refractivity contribution in [3.63, 3.8) is 0 Å². The maximum Gasteiger partial charge on any atom is 0.354 e. The summed E-state index contributed by atoms with van der Waals surface area (Å²) in [5.74, 6) is -2.25. The van der Waals surface area contributed by atoms with E-state index in [1.807, 2.05) is 0 Å². The Labute approximate surface area is 130 Å². The van der Waals surface area contributed by atoms with Gasteiger partial charge in [-0.3, -0.25) is 4.79 Å². The van der Waals surface area contributed by atoms with E-state index in [2.05, 4.69) is 15.3 Å². The minimum absolute atomic E-state index is 0.143. The molecule has 114 valence electrons. The van der Waals surface area contributed by atoms with E-state index in [9.17, 15) is 14.0 Å². The van der Waals surface area contributed by atoms with Crippen molar-refractivity contribution in [2.24, 2.45) is 0 Å². The third-order valence-electron chi connectivity index (χ3n) is 2.83. The lowest BCUT2D eigenvalue weighted by Gasteiger charge is -2.07. The number of amides is 1. The van der Waals surface area contributed by atoms with Gasteiger partial charge in [-0.25, -0.2) is 19.2 Å². The average Bonchev–Trinajstić information content (AvgIpc) is 2.47. The van der Waals surface area contributed by atoms with Crippen LogP contribution < -0.4 is 5.32 Å². The van der Waals surface area contributed by atoms with Gasteiger partial charge in [0, 0.05) is 12.6 Å². The molecular formula is C14H11ClFN3O3. The summed E-state index contributed by atoms with van der Waals surface area (Å²) < 4.78 is 13.2. The molecule has 0 radical (unpaired) electrons. The van der Waals surface area contributed by atoms with Crippen molar-refractivity contribution in [1.82, 2.24) is 15.3 Å². The maximum absolute atomic E-state index is 13.2. The normalized spacial score (nSPS) is 10.3. The molecule has 2 rings (SSSR count). The van der Waals surface area contributed by atoms with Gasteiger partial charge in [0.25, 0.3) is 5.91 Å². The molecule has 1 aromatic heterocycles. The van der Waals surface area contributed by atoms with E-state index in [1.165, 1.54) is 12.1 Å². The number of benzene rings is 1. The summed E-state index contributed by atoms with van der Waals surface area (Å²) in [5, 5.41) is 11.1. The number of nitrogens with zero attached hydrogens (tertiary/aromatic N) is 2. The predicted molar refractivity (Wildman–Crippen MR) is 76.3 cm³/mol. The molecule has 2 aromatic rings. The van der Waals surface area contributed by atoms with Crippen LogP contribution in [0.25, 0.3) is 0 Å². The minimum atomic E-state index is -1.31. The van der Waals surface area contributed by atoms with Crippen molar-refractivity contribution in [3.05, 3.63) is 57.9 Å². The van der Waals surface area contributed by atoms with Crippen LogP contribution in [-0.2, 0) is 6.54 Å². The highest BCUT2D eigenvalue weighted by atomic mass is 35.5. The number of aromatic nitrogens is 2. The predicted octanol–water partition coefficient (Wildman–Crippen LogP) is 2.21. The lowest BCUT2D eigenvalue weighted by Crippen LogP contribution is -2.24. The van der Waals surface area contributed by atoms with Crippen molar-refractivity contribution < 1.29 is 19.1 Å². The summed E-state index contributed by atoms with van der Waals surface area (Å²) in [6.07, 6.45) is 0. The maximum atomic E-state index is 13.2. The summed E-state index contributed by atoms with van der Waals surface area (Å²) in [6, 6.07) is 5.48. The monoisotopic (exact) mass is 323 g/mol. The zero-order chi connectivity index (χ0) is 16.3. The summed E-state index contributed by atoms with van der Waals surface area (Å²) in [7, 11) is 0. The second-order valence-electron chi connectivity index (χ2n) is 4.48. The molecule has 8 heteroatoms. The topological polar surface area (TPSA) is 92.2 Å². The van der Waals surface area contributed by atoms with Gasteiger partial charge in [0.15, 0.2) is 5.69 Å². The number of rotatable bonds is 4. The molecule has 0 fully saturated rings. The molecule has 22 heavy (non-hydrogen) atoms. The first-order valence-corrected chi connectivity index (χ1v) is 6.55. The fraction of sp³-hybridized carbons (Fsp3) is 0.143. The Balaban J connectivity index is 2.12. The second kappa shape index (κ2) is 6.48. The first-order chi connectivity index (χ1) is 10.4. The molecule has 0 aliphatic carbocycles. The first kappa shape index (κ1) is 15.8. The van der Waals surface area contributed by atoms with E-state index in [0.717, 1.165) is 6.07 Å². The third-order valence-corrected chi connectivity index (χ3v) is 3.00. The zero-order valence-corrected chi connectivity index (χ0v) is 12.2. The standard InChI is InChI=1S/C14H11ClFN3O3/c1-7-4-8(2-3-9(7)16)6-17-12(20)10-5-11(13(21)22)19-14(15)18-10/h2-5H,6H2,1H3,(H,17,20)(H,21,22). The van der Waals surface area contributed by atoms with Gasteiger partial charge in [-0.2, -0.15) is 0 Å². The molecule has 1 heterocycles. The molecule has 0 unspecified atom stereocenters. The number of aromatic carboxylic acids is 1. The third kappa shape index (κ3) is 3.76. The number of carboxylic acid groups (broad SMARTS) is 1. The second-order valence-corrected chi connectivity index (χ2v) is 4.82. The molecule has 6 nitrogen and oxygen atoms in total. The fourth-order valence-electron chi connectivity index (χ4n) is 1.73. The highest BCUT2D eigenvalue weighted by Gasteiger charge is 2.14. The fourth-order valence-corrected chi connectivity index (χ4v) is 1.92. The van der Waals surface area contributed by atoms with Gasteiger partial charge in [-0.15, -0.1) is 0 Å². The number of carboxylic acids is 1. The lowest BCUT2D eigenvalue weighted by molar-refractivity contribution is 0.0690. The summed E-state index contributed by atoms with van der Waals surface area (Å²) in [4.78, 5) is 30.0. The highest BCUT2D eigenvalue weighted by molar-refractivity contribution is 6.28. The van der Waals surface area contributed by atoms with Gasteiger partial charge in [0.05, 0.1) is 0 Å². The number of nitrogens with one attached hydrogen (secondary N) is 1. The largest absolute Gasteiger partial charge is 0.477 e. The number of aryl methyl sites for hydroxylation is 1. The molecule has 0 atom stereocenters. The minimum Gasteiger partial charge on any atom is -0.477 e. The molecule has 0 saturated carbocycles. The molecule has 1 amide bonds. The van der Waals surface area contributed by atoms with Gasteiger partial charge in [-0.1, -0.05) is 12.1 Å². The van der Waals surface area contributed by atoms with Crippen LogP contribution in [0.15, 0.2) is 24.3 Å². The Hall–Kier alpha value is -2.54. The number of carbonyl (C=O) groups excluding carboxylic acids is 1. The Bertz CT molecular complexity index is 752. The summed E-state index contributed by atoms with van der Waals surface area (Å²) in [6.45, 7) is 1.76. The van der Waals surface area contributed by atoms with Crippen LogP contribution in [0.2, 0.25) is 5.28 Å². The van der Waals surface area contributed by atoms with Gasteiger partial charge >= 0.3 is 5.97 Å². The van der Waals surface area contributed by atoms with E-state index < -0.39 is 11.9 Å².